The van der Waals surface area contributed by atoms with Gasteiger partial charge >= 0.3 is 0 Å². The van der Waals surface area contributed by atoms with Gasteiger partial charge in [0.25, 0.3) is 0 Å². The first-order chi connectivity index (χ1) is 14.0. The largest absolute Gasteiger partial charge is 0.311 e. The van der Waals surface area contributed by atoms with Crippen molar-refractivity contribution in [3.63, 3.8) is 0 Å². The van der Waals surface area contributed by atoms with Gasteiger partial charge in [0.1, 0.15) is 5.82 Å². The highest BCUT2D eigenvalue weighted by Gasteiger charge is 2.19. The van der Waals surface area contributed by atoms with Gasteiger partial charge in [-0.1, -0.05) is 36.0 Å². The fourth-order valence-electron chi connectivity index (χ4n) is 2.88. The van der Waals surface area contributed by atoms with E-state index in [1.54, 1.807) is 0 Å². The van der Waals surface area contributed by atoms with Gasteiger partial charge in [0.15, 0.2) is 11.0 Å². The van der Waals surface area contributed by atoms with Crippen molar-refractivity contribution < 1.29 is 9.18 Å². The van der Waals surface area contributed by atoms with Crippen molar-refractivity contribution in [1.82, 2.24) is 14.8 Å². The number of nitriles is 1. The van der Waals surface area contributed by atoms with E-state index in [-0.39, 0.29) is 30.4 Å². The normalized spacial score (nSPS) is 10.6. The number of carbonyl (C=O) groups is 1. The van der Waals surface area contributed by atoms with Crippen LogP contribution in [-0.4, -0.2) is 33.0 Å². The number of hydrogen-bond donors (Lipinski definition) is 0. The molecule has 0 aliphatic carbocycles. The van der Waals surface area contributed by atoms with Crippen LogP contribution in [0.5, 0.6) is 0 Å². The molecular formula is C21H20FN5OS. The zero-order chi connectivity index (χ0) is 20.8. The average Bonchev–Trinajstić information content (AvgIpc) is 3.08. The fourth-order valence-corrected chi connectivity index (χ4v) is 3.67. The first-order valence-corrected chi connectivity index (χ1v) is 10.0. The third-order valence-corrected chi connectivity index (χ3v) is 5.44. The molecule has 0 unspecified atom stereocenters. The van der Waals surface area contributed by atoms with Crippen molar-refractivity contribution in [3.05, 3.63) is 59.9 Å². The number of rotatable bonds is 7. The Morgan fingerprint density at radius 1 is 1.21 bits per heavy atom. The number of aryl methyl sites for hydroxylation is 1. The molecule has 2 aromatic carbocycles. The second kappa shape index (κ2) is 9.34. The van der Waals surface area contributed by atoms with E-state index in [1.807, 2.05) is 48.9 Å². The minimum absolute atomic E-state index is 0.128. The Hall–Kier alpha value is -3.18. The van der Waals surface area contributed by atoms with Crippen molar-refractivity contribution in [2.24, 2.45) is 7.05 Å². The third-order valence-electron chi connectivity index (χ3n) is 4.43. The lowest BCUT2D eigenvalue weighted by molar-refractivity contribution is -0.116. The highest BCUT2D eigenvalue weighted by molar-refractivity contribution is 7.99. The van der Waals surface area contributed by atoms with Crippen LogP contribution in [0.4, 0.5) is 10.1 Å². The van der Waals surface area contributed by atoms with Crippen LogP contribution < -0.4 is 4.90 Å². The quantitative estimate of drug-likeness (QED) is 0.552. The molecule has 0 fully saturated rings. The lowest BCUT2D eigenvalue weighted by Crippen LogP contribution is -2.33. The molecule has 0 saturated heterocycles. The summed E-state index contributed by atoms with van der Waals surface area (Å²) in [6, 6.07) is 15.6. The lowest BCUT2D eigenvalue weighted by atomic mass is 10.1. The van der Waals surface area contributed by atoms with Crippen LogP contribution in [0.3, 0.4) is 0 Å². The monoisotopic (exact) mass is 409 g/mol. The minimum Gasteiger partial charge on any atom is -0.311 e. The molecule has 6 nitrogen and oxygen atoms in total. The summed E-state index contributed by atoms with van der Waals surface area (Å²) in [5.74, 6) is 0.302. The Bertz CT molecular complexity index is 1040. The van der Waals surface area contributed by atoms with Crippen LogP contribution >= 0.6 is 11.8 Å². The predicted molar refractivity (Wildman–Crippen MR) is 111 cm³/mol. The number of benzene rings is 2. The molecule has 0 saturated carbocycles. The summed E-state index contributed by atoms with van der Waals surface area (Å²) in [4.78, 5) is 14.3. The molecular weight excluding hydrogens is 389 g/mol. The standard InChI is InChI=1S/C21H20FN5OS/c1-15-6-3-4-7-18(15)20-24-25-21(26(20)2)29-14-19(28)27(13-5-12-23)17-10-8-16(22)9-11-17/h3-4,6-11H,5,13-14H2,1-2H3. The van der Waals surface area contributed by atoms with Crippen molar-refractivity contribution >= 4 is 23.4 Å². The smallest absolute Gasteiger partial charge is 0.237 e. The minimum atomic E-state index is -0.376. The van der Waals surface area contributed by atoms with E-state index in [4.69, 9.17) is 5.26 Å². The fraction of sp³-hybridized carbons (Fsp3) is 0.238. The molecule has 0 spiro atoms. The summed E-state index contributed by atoms with van der Waals surface area (Å²) >= 11 is 1.28. The van der Waals surface area contributed by atoms with Gasteiger partial charge in [-0.25, -0.2) is 4.39 Å². The molecule has 1 aromatic heterocycles. The Kier molecular flexibility index (Phi) is 6.62. The maximum atomic E-state index is 13.2. The summed E-state index contributed by atoms with van der Waals surface area (Å²) in [7, 11) is 1.86. The van der Waals surface area contributed by atoms with Crippen molar-refractivity contribution in [1.29, 1.82) is 5.26 Å². The second-order valence-corrected chi connectivity index (χ2v) is 7.34. The Labute approximate surface area is 173 Å². The molecule has 8 heteroatoms. The molecule has 1 amide bonds. The average molecular weight is 409 g/mol. The number of carbonyl (C=O) groups excluding carboxylic acids is 1. The van der Waals surface area contributed by atoms with Gasteiger partial charge in [0.2, 0.25) is 5.91 Å². The molecule has 1 heterocycles. The van der Waals surface area contributed by atoms with E-state index < -0.39 is 0 Å². The highest BCUT2D eigenvalue weighted by atomic mass is 32.2. The van der Waals surface area contributed by atoms with E-state index in [0.717, 1.165) is 17.0 Å². The summed E-state index contributed by atoms with van der Waals surface area (Å²) < 4.78 is 15.1. The molecule has 0 aliphatic rings. The van der Waals surface area contributed by atoms with Crippen LogP contribution in [0.1, 0.15) is 12.0 Å². The number of nitrogens with zero attached hydrogens (tertiary/aromatic N) is 5. The number of halogens is 1. The van der Waals surface area contributed by atoms with Crippen LogP contribution in [0.15, 0.2) is 53.7 Å². The molecule has 0 radical (unpaired) electrons. The Morgan fingerprint density at radius 3 is 2.62 bits per heavy atom. The van der Waals surface area contributed by atoms with E-state index in [1.165, 1.54) is 40.9 Å². The van der Waals surface area contributed by atoms with Crippen molar-refractivity contribution in [2.45, 2.75) is 18.5 Å². The second-order valence-electron chi connectivity index (χ2n) is 6.40. The van der Waals surface area contributed by atoms with Crippen molar-refractivity contribution in [2.75, 3.05) is 17.2 Å². The van der Waals surface area contributed by atoms with Gasteiger partial charge in [-0.2, -0.15) is 5.26 Å². The molecule has 3 rings (SSSR count). The maximum absolute atomic E-state index is 13.2. The maximum Gasteiger partial charge on any atom is 0.237 e. The highest BCUT2D eigenvalue weighted by Crippen LogP contribution is 2.26. The van der Waals surface area contributed by atoms with Gasteiger partial charge < -0.3 is 9.47 Å². The first kappa shape index (κ1) is 20.6. The summed E-state index contributed by atoms with van der Waals surface area (Å²) in [5.41, 5.74) is 2.64. The summed E-state index contributed by atoms with van der Waals surface area (Å²) in [6.07, 6.45) is 0.190. The summed E-state index contributed by atoms with van der Waals surface area (Å²) in [6.45, 7) is 2.25. The zero-order valence-electron chi connectivity index (χ0n) is 16.2. The molecule has 3 aromatic rings. The molecule has 148 valence electrons. The van der Waals surface area contributed by atoms with Gasteiger partial charge in [-0.05, 0) is 36.8 Å². The summed E-state index contributed by atoms with van der Waals surface area (Å²) in [5, 5.41) is 18.0. The van der Waals surface area contributed by atoms with Crippen LogP contribution in [0.2, 0.25) is 0 Å². The topological polar surface area (TPSA) is 74.8 Å². The lowest BCUT2D eigenvalue weighted by Gasteiger charge is -2.21. The SMILES string of the molecule is Cc1ccccc1-c1nnc(SCC(=O)N(CCC#N)c2ccc(F)cc2)n1C. The molecule has 0 aliphatic heterocycles. The van der Waals surface area contributed by atoms with E-state index >= 15 is 0 Å². The van der Waals surface area contributed by atoms with E-state index in [0.29, 0.717) is 10.8 Å². The predicted octanol–water partition coefficient (Wildman–Crippen LogP) is 3.97. The molecule has 0 bridgehead atoms. The number of thioether (sulfide) groups is 1. The zero-order valence-corrected chi connectivity index (χ0v) is 17.0. The first-order valence-electron chi connectivity index (χ1n) is 9.02. The number of amides is 1. The number of hydrogen-bond acceptors (Lipinski definition) is 5. The number of aromatic nitrogens is 3. The van der Waals surface area contributed by atoms with E-state index in [2.05, 4.69) is 10.2 Å². The van der Waals surface area contributed by atoms with Gasteiger partial charge in [-0.15, -0.1) is 10.2 Å². The van der Waals surface area contributed by atoms with Crippen LogP contribution in [0.25, 0.3) is 11.4 Å². The van der Waals surface area contributed by atoms with Crippen molar-refractivity contribution in [3.8, 4) is 17.5 Å². The van der Waals surface area contributed by atoms with Gasteiger partial charge in [-0.3, -0.25) is 4.79 Å². The van der Waals surface area contributed by atoms with Gasteiger partial charge in [0, 0.05) is 24.8 Å². The van der Waals surface area contributed by atoms with Gasteiger partial charge in [0.05, 0.1) is 18.2 Å². The third kappa shape index (κ3) is 4.81. The van der Waals surface area contributed by atoms with Crippen LogP contribution in [-0.2, 0) is 11.8 Å². The molecule has 0 N–H and O–H groups in total. The number of anilines is 1. The molecule has 29 heavy (non-hydrogen) atoms. The van der Waals surface area contributed by atoms with E-state index in [9.17, 15) is 9.18 Å². The van der Waals surface area contributed by atoms with Crippen LogP contribution in [0, 0.1) is 24.1 Å². The molecule has 0 atom stereocenters. The Balaban J connectivity index is 1.74. The Morgan fingerprint density at radius 2 is 1.93 bits per heavy atom.